The summed E-state index contributed by atoms with van der Waals surface area (Å²) in [5, 5.41) is 3.79. The van der Waals surface area contributed by atoms with Crippen LogP contribution in [0.25, 0.3) is 0 Å². The molecule has 114 valence electrons. The summed E-state index contributed by atoms with van der Waals surface area (Å²) >= 11 is 0. The summed E-state index contributed by atoms with van der Waals surface area (Å²) in [4.78, 5) is 18.4. The van der Waals surface area contributed by atoms with Crippen molar-refractivity contribution in [2.45, 2.75) is 45.8 Å². The van der Waals surface area contributed by atoms with Gasteiger partial charge in [-0.3, -0.25) is 4.79 Å². The van der Waals surface area contributed by atoms with Crippen LogP contribution in [0.1, 0.15) is 44.5 Å². The first kappa shape index (κ1) is 14.3. The van der Waals surface area contributed by atoms with Gasteiger partial charge in [0.15, 0.2) is 11.9 Å². The lowest BCUT2D eigenvalue weighted by atomic mass is 10.1. The van der Waals surface area contributed by atoms with Crippen LogP contribution >= 0.6 is 0 Å². The zero-order chi connectivity index (χ0) is 15.0. The molecule has 2 atom stereocenters. The monoisotopic (exact) mass is 291 g/mol. The molecule has 21 heavy (non-hydrogen) atoms. The molecule has 0 unspecified atom stereocenters. The quantitative estimate of drug-likeness (QED) is 0.797. The third kappa shape index (κ3) is 3.32. The SMILES string of the molecule is C/C(=C\C(=O)N1C[C@@H](C)O[C@@H](c2nc(C)no2)C1)C1CC1. The smallest absolute Gasteiger partial charge is 0.257 e. The maximum Gasteiger partial charge on any atom is 0.257 e. The molecule has 0 aromatic carbocycles. The molecule has 1 saturated heterocycles. The molecule has 6 nitrogen and oxygen atoms in total. The van der Waals surface area contributed by atoms with Gasteiger partial charge < -0.3 is 14.2 Å². The number of carbonyl (C=O) groups is 1. The van der Waals surface area contributed by atoms with Gasteiger partial charge in [-0.1, -0.05) is 10.7 Å². The Bertz CT molecular complexity index is 562. The number of nitrogens with zero attached hydrogens (tertiary/aromatic N) is 3. The van der Waals surface area contributed by atoms with Crippen LogP contribution in [0.2, 0.25) is 0 Å². The highest BCUT2D eigenvalue weighted by molar-refractivity contribution is 5.88. The molecule has 1 aromatic heterocycles. The number of hydrogen-bond acceptors (Lipinski definition) is 5. The summed E-state index contributed by atoms with van der Waals surface area (Å²) in [5.41, 5.74) is 1.18. The van der Waals surface area contributed by atoms with E-state index in [0.717, 1.165) is 0 Å². The van der Waals surface area contributed by atoms with Crippen molar-refractivity contribution in [1.82, 2.24) is 15.0 Å². The van der Waals surface area contributed by atoms with E-state index >= 15 is 0 Å². The van der Waals surface area contributed by atoms with Gasteiger partial charge >= 0.3 is 0 Å². The molecule has 1 aliphatic heterocycles. The van der Waals surface area contributed by atoms with E-state index in [0.29, 0.717) is 30.7 Å². The van der Waals surface area contributed by atoms with E-state index in [4.69, 9.17) is 9.26 Å². The molecule has 0 radical (unpaired) electrons. The van der Waals surface area contributed by atoms with Crippen LogP contribution in [-0.2, 0) is 9.53 Å². The van der Waals surface area contributed by atoms with Crippen LogP contribution in [0.15, 0.2) is 16.2 Å². The van der Waals surface area contributed by atoms with Crippen molar-refractivity contribution in [2.75, 3.05) is 13.1 Å². The number of hydrogen-bond donors (Lipinski definition) is 0. The number of rotatable bonds is 3. The molecule has 2 heterocycles. The maximum atomic E-state index is 12.4. The van der Waals surface area contributed by atoms with Crippen molar-refractivity contribution in [2.24, 2.45) is 5.92 Å². The third-order valence-corrected chi connectivity index (χ3v) is 3.96. The van der Waals surface area contributed by atoms with Gasteiger partial charge in [0.05, 0.1) is 12.6 Å². The van der Waals surface area contributed by atoms with Gasteiger partial charge in [-0.2, -0.15) is 4.98 Å². The summed E-state index contributed by atoms with van der Waals surface area (Å²) in [6.07, 6.45) is 3.80. The normalized spacial score (nSPS) is 27.0. The van der Waals surface area contributed by atoms with Gasteiger partial charge in [-0.15, -0.1) is 0 Å². The van der Waals surface area contributed by atoms with Gasteiger partial charge in [0.25, 0.3) is 5.89 Å². The van der Waals surface area contributed by atoms with E-state index in [2.05, 4.69) is 10.1 Å². The Hall–Kier alpha value is -1.69. The summed E-state index contributed by atoms with van der Waals surface area (Å²) in [7, 11) is 0. The Morgan fingerprint density at radius 3 is 2.76 bits per heavy atom. The van der Waals surface area contributed by atoms with Gasteiger partial charge in [-0.05, 0) is 39.5 Å². The van der Waals surface area contributed by atoms with Crippen molar-refractivity contribution < 1.29 is 14.1 Å². The van der Waals surface area contributed by atoms with Gasteiger partial charge in [0.2, 0.25) is 5.91 Å². The standard InChI is InChI=1S/C15H21N3O3/c1-9(12-4-5-12)6-14(19)18-7-10(2)20-13(8-18)15-16-11(3)17-21-15/h6,10,12-13H,4-5,7-8H2,1-3H3/b9-6+/t10-,13-/m1/s1. The van der Waals surface area contributed by atoms with Crippen LogP contribution in [-0.4, -0.2) is 40.1 Å². The average molecular weight is 291 g/mol. The molecule has 6 heteroatoms. The van der Waals surface area contributed by atoms with E-state index in [-0.39, 0.29) is 18.1 Å². The topological polar surface area (TPSA) is 68.5 Å². The molecule has 1 amide bonds. The Morgan fingerprint density at radius 1 is 1.38 bits per heavy atom. The first-order chi connectivity index (χ1) is 10.0. The zero-order valence-electron chi connectivity index (χ0n) is 12.7. The van der Waals surface area contributed by atoms with Crippen LogP contribution in [0.5, 0.6) is 0 Å². The van der Waals surface area contributed by atoms with Crippen molar-refractivity contribution in [1.29, 1.82) is 0 Å². The average Bonchev–Trinajstić information content (AvgIpc) is 3.20. The molecule has 2 aliphatic rings. The molecule has 1 saturated carbocycles. The maximum absolute atomic E-state index is 12.4. The zero-order valence-corrected chi connectivity index (χ0v) is 12.7. The molecule has 0 N–H and O–H groups in total. The largest absolute Gasteiger partial charge is 0.362 e. The fourth-order valence-electron chi connectivity index (χ4n) is 2.65. The van der Waals surface area contributed by atoms with Crippen molar-refractivity contribution >= 4 is 5.91 Å². The van der Waals surface area contributed by atoms with Crippen LogP contribution < -0.4 is 0 Å². The fourth-order valence-corrected chi connectivity index (χ4v) is 2.65. The van der Waals surface area contributed by atoms with Crippen LogP contribution in [0.3, 0.4) is 0 Å². The summed E-state index contributed by atoms with van der Waals surface area (Å²) in [5.74, 6) is 1.69. The first-order valence-electron chi connectivity index (χ1n) is 7.45. The molecule has 1 aromatic rings. The van der Waals surface area contributed by atoms with E-state index in [1.165, 1.54) is 18.4 Å². The minimum absolute atomic E-state index is 0.0467. The molecule has 2 fully saturated rings. The summed E-state index contributed by atoms with van der Waals surface area (Å²) in [6.45, 7) is 6.81. The number of carbonyl (C=O) groups excluding carboxylic acids is 1. The Morgan fingerprint density at radius 2 is 2.14 bits per heavy atom. The lowest BCUT2D eigenvalue weighted by Gasteiger charge is -2.34. The fraction of sp³-hybridized carbons (Fsp3) is 0.667. The number of ether oxygens (including phenoxy) is 1. The van der Waals surface area contributed by atoms with Crippen molar-refractivity contribution in [3.8, 4) is 0 Å². The predicted octanol–water partition coefficient (Wildman–Crippen LogP) is 2.02. The lowest BCUT2D eigenvalue weighted by molar-refractivity contribution is -0.141. The molecule has 1 aliphatic carbocycles. The number of aryl methyl sites for hydroxylation is 1. The number of aromatic nitrogens is 2. The highest BCUT2D eigenvalue weighted by atomic mass is 16.5. The molecular weight excluding hydrogens is 270 g/mol. The van der Waals surface area contributed by atoms with Gasteiger partial charge in [0.1, 0.15) is 0 Å². The molecular formula is C15H21N3O3. The predicted molar refractivity (Wildman–Crippen MR) is 75.4 cm³/mol. The lowest BCUT2D eigenvalue weighted by Crippen LogP contribution is -2.45. The van der Waals surface area contributed by atoms with E-state index in [1.807, 2.05) is 18.7 Å². The third-order valence-electron chi connectivity index (χ3n) is 3.96. The van der Waals surface area contributed by atoms with Crippen molar-refractivity contribution in [3.05, 3.63) is 23.4 Å². The second-order valence-corrected chi connectivity index (χ2v) is 6.02. The molecule has 3 rings (SSSR count). The highest BCUT2D eigenvalue weighted by Crippen LogP contribution is 2.36. The second kappa shape index (κ2) is 5.60. The number of amides is 1. The Kier molecular flexibility index (Phi) is 3.80. The van der Waals surface area contributed by atoms with E-state index < -0.39 is 0 Å². The molecule has 0 spiro atoms. The van der Waals surface area contributed by atoms with Gasteiger partial charge in [0, 0.05) is 12.6 Å². The molecule has 0 bridgehead atoms. The minimum atomic E-state index is -0.339. The highest BCUT2D eigenvalue weighted by Gasteiger charge is 2.32. The minimum Gasteiger partial charge on any atom is -0.362 e. The Balaban J connectivity index is 1.70. The van der Waals surface area contributed by atoms with Crippen LogP contribution in [0.4, 0.5) is 0 Å². The first-order valence-corrected chi connectivity index (χ1v) is 7.45. The summed E-state index contributed by atoms with van der Waals surface area (Å²) < 4.78 is 11.0. The number of allylic oxidation sites excluding steroid dienone is 1. The van der Waals surface area contributed by atoms with Gasteiger partial charge in [-0.25, -0.2) is 0 Å². The second-order valence-electron chi connectivity index (χ2n) is 6.02. The van der Waals surface area contributed by atoms with E-state index in [1.54, 1.807) is 13.0 Å². The summed E-state index contributed by atoms with van der Waals surface area (Å²) in [6, 6.07) is 0. The van der Waals surface area contributed by atoms with Crippen LogP contribution in [0, 0.1) is 12.8 Å². The number of morpholine rings is 1. The van der Waals surface area contributed by atoms with Crippen molar-refractivity contribution in [3.63, 3.8) is 0 Å². The van der Waals surface area contributed by atoms with E-state index in [9.17, 15) is 4.79 Å². The Labute approximate surface area is 124 Å².